The molecule has 0 unspecified atom stereocenters. The van der Waals surface area contributed by atoms with Crippen LogP contribution in [0.25, 0.3) is 56.3 Å². The van der Waals surface area contributed by atoms with Gasteiger partial charge in [0.1, 0.15) is 0 Å². The average Bonchev–Trinajstić information content (AvgIpc) is 2.81. The monoisotopic (exact) mass is 1120 g/mol. The highest BCUT2D eigenvalue weighted by molar-refractivity contribution is 5.81. The molecule has 5 heteroatoms. The summed E-state index contributed by atoms with van der Waals surface area (Å²) in [5.41, 5.74) is 53.2. The van der Waals surface area contributed by atoms with Crippen LogP contribution in [-0.2, 0) is 32.1 Å². The van der Waals surface area contributed by atoms with Crippen molar-refractivity contribution in [2.45, 2.75) is 171 Å². The molecule has 5 nitrogen and oxygen atoms in total. The Kier molecular flexibility index (Phi) is 15.6. The van der Waals surface area contributed by atoms with Crippen molar-refractivity contribution in [1.82, 2.24) is 24.9 Å². The van der Waals surface area contributed by atoms with Crippen LogP contribution in [0.15, 0.2) is 91.0 Å². The number of benzene rings is 5. The molecule has 0 N–H and O–H groups in total. The molecule has 15 rings (SSSR count). The van der Waals surface area contributed by atoms with Crippen LogP contribution in [0.1, 0.15) is 168 Å². The Morgan fingerprint density at radius 3 is 1.31 bits per heavy atom. The molecular weight excluding hydrogens is 1030 g/mol. The molecule has 85 heavy (non-hydrogen) atoms. The predicted octanol–water partition coefficient (Wildman–Crippen LogP) is 19.4. The molecule has 0 bridgehead atoms. The van der Waals surface area contributed by atoms with Gasteiger partial charge in [0.2, 0.25) is 0 Å². The highest BCUT2D eigenvalue weighted by Gasteiger charge is 2.28. The first-order chi connectivity index (χ1) is 40.4. The molecule has 5 aromatic carbocycles. The van der Waals surface area contributed by atoms with Crippen LogP contribution >= 0.6 is 0 Å². The number of hydrogen-bond donors (Lipinski definition) is 0. The van der Waals surface area contributed by atoms with Gasteiger partial charge in [-0.05, 0) is 267 Å². The van der Waals surface area contributed by atoms with E-state index in [2.05, 4.69) is 229 Å². The van der Waals surface area contributed by atoms with E-state index in [9.17, 15) is 0 Å². The van der Waals surface area contributed by atoms with Gasteiger partial charge in [-0.25, -0.2) is 0 Å². The third-order valence-corrected chi connectivity index (χ3v) is 19.9. The molecule has 5 aliphatic rings. The second-order valence-electron chi connectivity index (χ2n) is 25.6. The van der Waals surface area contributed by atoms with Gasteiger partial charge in [0.05, 0.1) is 28.5 Å². The van der Waals surface area contributed by atoms with Crippen molar-refractivity contribution in [1.29, 1.82) is 0 Å². The molecule has 0 atom stereocenters. The van der Waals surface area contributed by atoms with E-state index in [1.807, 2.05) is 0 Å². The van der Waals surface area contributed by atoms with Gasteiger partial charge >= 0.3 is 0 Å². The lowest BCUT2D eigenvalue weighted by Crippen LogP contribution is -1.97. The van der Waals surface area contributed by atoms with Crippen molar-refractivity contribution >= 4 is 0 Å². The fraction of sp³-hybridized carbons (Fsp3) is 0.312. The average molecular weight is 1120 g/mol. The minimum atomic E-state index is 1.04. The fourth-order valence-electron chi connectivity index (χ4n) is 13.7. The summed E-state index contributed by atoms with van der Waals surface area (Å²) in [6, 6.07) is 33.6. The zero-order valence-corrected chi connectivity index (χ0v) is 54.4. The fourth-order valence-corrected chi connectivity index (χ4v) is 13.7. The Bertz CT molecular complexity index is 4420. The summed E-state index contributed by atoms with van der Waals surface area (Å²) in [7, 11) is 0. The zero-order chi connectivity index (χ0) is 60.8. The molecule has 0 spiro atoms. The topological polar surface area (TPSA) is 64.5 Å². The second-order valence-corrected chi connectivity index (χ2v) is 25.6. The number of nitrogens with zero attached hydrogens (tertiary/aromatic N) is 5. The minimum absolute atomic E-state index is 1.04. The maximum atomic E-state index is 4.80. The van der Waals surface area contributed by atoms with E-state index in [1.165, 1.54) is 195 Å². The largest absolute Gasteiger partial charge is 0.253 e. The first-order valence-corrected chi connectivity index (χ1v) is 30.7. The van der Waals surface area contributed by atoms with Crippen molar-refractivity contribution in [3.63, 3.8) is 0 Å². The number of fused-ring (bicyclic) bond motifs is 15. The number of hydrogen-bond acceptors (Lipinski definition) is 5. The van der Waals surface area contributed by atoms with E-state index in [0.717, 1.165) is 60.6 Å². The maximum absolute atomic E-state index is 4.80. The lowest BCUT2D eigenvalue weighted by molar-refractivity contribution is 1.08. The summed E-state index contributed by atoms with van der Waals surface area (Å²) in [6.45, 7) is 43.2. The summed E-state index contributed by atoms with van der Waals surface area (Å²) in [6.07, 6.45) is 5.23. The van der Waals surface area contributed by atoms with Crippen LogP contribution in [0.2, 0.25) is 0 Å². The van der Waals surface area contributed by atoms with E-state index in [1.54, 1.807) is 0 Å². The highest BCUT2D eigenvalue weighted by atomic mass is 14.8. The Labute approximate surface area is 507 Å². The van der Waals surface area contributed by atoms with Gasteiger partial charge in [-0.1, -0.05) is 102 Å². The molecule has 10 aromatic rings. The van der Waals surface area contributed by atoms with Crippen LogP contribution in [-0.4, -0.2) is 24.9 Å². The molecule has 5 aromatic heterocycles. The number of aryl methyl sites for hydroxylation is 13. The zero-order valence-electron chi connectivity index (χ0n) is 54.4. The summed E-state index contributed by atoms with van der Waals surface area (Å²) >= 11 is 0. The van der Waals surface area contributed by atoms with Gasteiger partial charge in [-0.3, -0.25) is 24.9 Å². The van der Waals surface area contributed by atoms with Gasteiger partial charge in [-0.15, -0.1) is 0 Å². The van der Waals surface area contributed by atoms with E-state index >= 15 is 0 Å². The standard InChI is InChI=1S/5C16H17N/c1-9-5-11(3)15-13(6-9)8-14-7-10(2)12(4)17-16(14)15;1-9-5-6-13-8-14-7-10(2)12(4)17-16(14)15(13)11(9)3;1-9-5-6-14-13(7-9)8-15-11(3)10(2)12(4)17-16(14)15;1-9-5-6-13-8-14-11(3)10(2)12(4)17-16(14)15(13)7-9;1-9-6-5-7-13-14(9)8-15-11(3)10(2)12(4)17-16(13)15/h5*5-7H,8H2,1-4H3. The Balaban J connectivity index is 0.000000111. The van der Waals surface area contributed by atoms with Crippen LogP contribution < -0.4 is 0 Å². The van der Waals surface area contributed by atoms with E-state index in [0.29, 0.717) is 0 Å². The van der Waals surface area contributed by atoms with E-state index in [-0.39, 0.29) is 0 Å². The third-order valence-electron chi connectivity index (χ3n) is 19.9. The first-order valence-electron chi connectivity index (χ1n) is 30.7. The summed E-state index contributed by atoms with van der Waals surface area (Å²) < 4.78 is 0. The molecule has 5 heterocycles. The summed E-state index contributed by atoms with van der Waals surface area (Å²) in [5, 5.41) is 0. The highest BCUT2D eigenvalue weighted by Crippen LogP contribution is 2.44. The van der Waals surface area contributed by atoms with Gasteiger partial charge in [-0.2, -0.15) is 0 Å². The van der Waals surface area contributed by atoms with Gasteiger partial charge in [0, 0.05) is 88.4 Å². The van der Waals surface area contributed by atoms with Gasteiger partial charge in [0.15, 0.2) is 0 Å². The van der Waals surface area contributed by atoms with Crippen LogP contribution in [0.3, 0.4) is 0 Å². The van der Waals surface area contributed by atoms with Crippen LogP contribution in [0, 0.1) is 138 Å². The van der Waals surface area contributed by atoms with Crippen molar-refractivity contribution in [3.8, 4) is 56.3 Å². The summed E-state index contributed by atoms with van der Waals surface area (Å²) in [5.74, 6) is 0. The Morgan fingerprint density at radius 2 is 0.706 bits per heavy atom. The van der Waals surface area contributed by atoms with Crippen molar-refractivity contribution < 1.29 is 0 Å². The Morgan fingerprint density at radius 1 is 0.235 bits per heavy atom. The lowest BCUT2D eigenvalue weighted by Gasteiger charge is -2.10. The molecule has 430 valence electrons. The van der Waals surface area contributed by atoms with Crippen LogP contribution in [0.5, 0.6) is 0 Å². The quantitative estimate of drug-likeness (QED) is 0.151. The van der Waals surface area contributed by atoms with Crippen molar-refractivity contribution in [2.75, 3.05) is 0 Å². The SMILES string of the molecule is Cc1cc(C)c2c(c1)Cc1cc(C)c(C)nc1-2.Cc1cc2c(nc1C)-c1c(ccc(C)c1C)C2.Cc1ccc2c(c1)-c1nc(C)c(C)c(C)c1C2.Cc1ccc2c(c1)Cc1c-2nc(C)c(C)c1C.Cc1cccc2c1Cc1c-2nc(C)c(C)c1C. The normalized spacial score (nSPS) is 12.5. The molecular formula is C80H85N5. The molecule has 0 aliphatic heterocycles. The first kappa shape index (κ1) is 58.6. The van der Waals surface area contributed by atoms with Gasteiger partial charge < -0.3 is 0 Å². The van der Waals surface area contributed by atoms with E-state index in [4.69, 9.17) is 24.9 Å². The summed E-state index contributed by atoms with van der Waals surface area (Å²) in [4.78, 5) is 24.0. The number of aromatic nitrogens is 5. The predicted molar refractivity (Wildman–Crippen MR) is 357 cm³/mol. The van der Waals surface area contributed by atoms with Crippen LogP contribution in [0.4, 0.5) is 0 Å². The Hall–Kier alpha value is -8.15. The lowest BCUT2D eigenvalue weighted by atomic mass is 9.99. The maximum Gasteiger partial charge on any atom is 0.0746 e. The second kappa shape index (κ2) is 22.7. The molecule has 0 radical (unpaired) electrons. The van der Waals surface area contributed by atoms with Crippen molar-refractivity contribution in [2.24, 2.45) is 0 Å². The van der Waals surface area contributed by atoms with E-state index < -0.39 is 0 Å². The molecule has 0 saturated heterocycles. The molecule has 0 saturated carbocycles. The molecule has 0 amide bonds. The third kappa shape index (κ3) is 10.7. The van der Waals surface area contributed by atoms with Crippen molar-refractivity contribution in [3.05, 3.63) is 259 Å². The number of pyridine rings is 5. The smallest absolute Gasteiger partial charge is 0.0746 e. The molecule has 5 aliphatic carbocycles. The van der Waals surface area contributed by atoms with Gasteiger partial charge in [0.25, 0.3) is 0 Å². The minimum Gasteiger partial charge on any atom is -0.253 e. The number of rotatable bonds is 0. The molecule has 0 fully saturated rings.